The number of carbonyl (C=O) groups is 1. The maximum Gasteiger partial charge on any atom is 0.234 e. The van der Waals surface area contributed by atoms with Crippen molar-refractivity contribution in [3.63, 3.8) is 0 Å². The van der Waals surface area contributed by atoms with E-state index in [0.717, 1.165) is 12.8 Å². The first kappa shape index (κ1) is 14.0. The van der Waals surface area contributed by atoms with E-state index in [-0.39, 0.29) is 17.8 Å². The number of rotatable bonds is 5. The number of benzene rings is 1. The molecule has 0 aromatic heterocycles. The molecule has 4 heteroatoms. The summed E-state index contributed by atoms with van der Waals surface area (Å²) in [5.74, 6) is 0.342. The predicted octanol–water partition coefficient (Wildman–Crippen LogP) is 2.19. The first-order chi connectivity index (χ1) is 9.04. The van der Waals surface area contributed by atoms with Crippen molar-refractivity contribution >= 4 is 5.91 Å². The Morgan fingerprint density at radius 1 is 1.32 bits per heavy atom. The lowest BCUT2D eigenvalue weighted by molar-refractivity contribution is -0.121. The van der Waals surface area contributed by atoms with Crippen molar-refractivity contribution in [3.8, 4) is 0 Å². The van der Waals surface area contributed by atoms with E-state index >= 15 is 0 Å². The van der Waals surface area contributed by atoms with E-state index in [1.165, 1.54) is 17.7 Å². The van der Waals surface area contributed by atoms with Crippen LogP contribution in [0, 0.1) is 5.82 Å². The number of nitrogens with one attached hydrogen (secondary N) is 2. The summed E-state index contributed by atoms with van der Waals surface area (Å²) in [6.07, 6.45) is 2.03. The fourth-order valence-corrected chi connectivity index (χ4v) is 2.40. The van der Waals surface area contributed by atoms with Gasteiger partial charge in [-0.25, -0.2) is 4.39 Å². The molecule has 1 aromatic carbocycles. The minimum atomic E-state index is -0.192. The van der Waals surface area contributed by atoms with Gasteiger partial charge in [-0.1, -0.05) is 12.1 Å². The zero-order chi connectivity index (χ0) is 13.8. The molecule has 1 aliphatic rings. The van der Waals surface area contributed by atoms with Crippen LogP contribution in [0.5, 0.6) is 0 Å². The molecule has 3 nitrogen and oxygen atoms in total. The number of carbonyl (C=O) groups excluding carboxylic acids is 1. The van der Waals surface area contributed by atoms with Gasteiger partial charge in [0.25, 0.3) is 0 Å². The number of hydrogen-bond acceptors (Lipinski definition) is 2. The summed E-state index contributed by atoms with van der Waals surface area (Å²) in [5, 5.41) is 6.10. The second-order valence-corrected chi connectivity index (χ2v) is 5.52. The molecule has 0 spiro atoms. The van der Waals surface area contributed by atoms with Gasteiger partial charge in [-0.2, -0.15) is 0 Å². The molecule has 2 rings (SSSR count). The van der Waals surface area contributed by atoms with Gasteiger partial charge in [0.2, 0.25) is 5.91 Å². The highest BCUT2D eigenvalue weighted by Crippen LogP contribution is 2.36. The topological polar surface area (TPSA) is 41.1 Å². The molecular weight excluding hydrogens is 243 g/mol. The lowest BCUT2D eigenvalue weighted by Crippen LogP contribution is -2.46. The van der Waals surface area contributed by atoms with Crippen LogP contribution in [0.2, 0.25) is 0 Å². The van der Waals surface area contributed by atoms with Crippen molar-refractivity contribution in [2.24, 2.45) is 0 Å². The molecule has 0 bridgehead atoms. The Morgan fingerprint density at radius 3 is 2.53 bits per heavy atom. The van der Waals surface area contributed by atoms with E-state index < -0.39 is 0 Å². The fraction of sp³-hybridized carbons (Fsp3) is 0.533. The third-order valence-electron chi connectivity index (χ3n) is 3.48. The smallest absolute Gasteiger partial charge is 0.234 e. The molecule has 104 valence electrons. The molecule has 1 fully saturated rings. The minimum absolute atomic E-state index is 0.0419. The van der Waals surface area contributed by atoms with Crippen LogP contribution in [0.3, 0.4) is 0 Å². The highest BCUT2D eigenvalue weighted by atomic mass is 19.1. The van der Waals surface area contributed by atoms with Gasteiger partial charge in [0.05, 0.1) is 6.54 Å². The van der Waals surface area contributed by atoms with Crippen LogP contribution in [0.25, 0.3) is 0 Å². The monoisotopic (exact) mass is 264 g/mol. The van der Waals surface area contributed by atoms with Gasteiger partial charge in [0.1, 0.15) is 5.82 Å². The van der Waals surface area contributed by atoms with Gasteiger partial charge < -0.3 is 10.6 Å². The van der Waals surface area contributed by atoms with Crippen molar-refractivity contribution in [2.75, 3.05) is 6.54 Å². The Bertz CT molecular complexity index is 424. The Kier molecular flexibility index (Phi) is 4.53. The van der Waals surface area contributed by atoms with E-state index in [2.05, 4.69) is 10.6 Å². The maximum atomic E-state index is 12.8. The normalized spacial score (nSPS) is 22.1. The van der Waals surface area contributed by atoms with E-state index in [4.69, 9.17) is 0 Å². The second kappa shape index (κ2) is 6.15. The van der Waals surface area contributed by atoms with E-state index in [9.17, 15) is 9.18 Å². The lowest BCUT2D eigenvalue weighted by Gasteiger charge is -2.36. The molecular formula is C15H21FN2O. The van der Waals surface area contributed by atoms with Crippen LogP contribution in [-0.2, 0) is 4.79 Å². The quantitative estimate of drug-likeness (QED) is 0.856. The van der Waals surface area contributed by atoms with Gasteiger partial charge >= 0.3 is 0 Å². The molecule has 0 saturated heterocycles. The van der Waals surface area contributed by atoms with E-state index in [1.807, 2.05) is 26.0 Å². The molecule has 2 N–H and O–H groups in total. The maximum absolute atomic E-state index is 12.8. The van der Waals surface area contributed by atoms with Crippen LogP contribution < -0.4 is 10.6 Å². The summed E-state index contributed by atoms with van der Waals surface area (Å²) in [6.45, 7) is 4.27. The largest absolute Gasteiger partial charge is 0.353 e. The van der Waals surface area contributed by atoms with Crippen LogP contribution >= 0.6 is 0 Å². The Labute approximate surface area is 113 Å². The molecule has 0 heterocycles. The molecule has 0 radical (unpaired) electrons. The van der Waals surface area contributed by atoms with Gasteiger partial charge in [-0.3, -0.25) is 4.79 Å². The first-order valence-electron chi connectivity index (χ1n) is 6.83. The first-order valence-corrected chi connectivity index (χ1v) is 6.83. The van der Waals surface area contributed by atoms with Gasteiger partial charge in [0, 0.05) is 12.1 Å². The zero-order valence-electron chi connectivity index (χ0n) is 11.4. The number of amides is 1. The molecule has 1 amide bonds. The van der Waals surface area contributed by atoms with E-state index in [0.29, 0.717) is 18.5 Å². The number of hydrogen-bond donors (Lipinski definition) is 2. The zero-order valence-corrected chi connectivity index (χ0v) is 11.4. The highest BCUT2D eigenvalue weighted by Gasteiger charge is 2.30. The molecule has 0 unspecified atom stereocenters. The molecule has 19 heavy (non-hydrogen) atoms. The molecule has 1 saturated carbocycles. The third kappa shape index (κ3) is 4.03. The predicted molar refractivity (Wildman–Crippen MR) is 73.4 cm³/mol. The van der Waals surface area contributed by atoms with Crippen LogP contribution in [-0.4, -0.2) is 24.5 Å². The standard InChI is InChI=1S/C15H21FN2O/c1-10(2)18-15(19)9-17-14-7-12(8-14)11-3-5-13(16)6-4-11/h3-6,10,12,14,17H,7-9H2,1-2H3,(H,18,19). The van der Waals surface area contributed by atoms with Crippen molar-refractivity contribution in [1.82, 2.24) is 10.6 Å². The molecule has 1 aromatic rings. The minimum Gasteiger partial charge on any atom is -0.353 e. The van der Waals surface area contributed by atoms with Crippen molar-refractivity contribution in [2.45, 2.75) is 44.7 Å². The van der Waals surface area contributed by atoms with Gasteiger partial charge in [-0.05, 0) is 50.3 Å². The van der Waals surface area contributed by atoms with E-state index in [1.54, 1.807) is 0 Å². The van der Waals surface area contributed by atoms with Gasteiger partial charge in [0.15, 0.2) is 0 Å². The molecule has 0 atom stereocenters. The van der Waals surface area contributed by atoms with Gasteiger partial charge in [-0.15, -0.1) is 0 Å². The number of halogens is 1. The Hall–Kier alpha value is -1.42. The average molecular weight is 264 g/mol. The summed E-state index contributed by atoms with van der Waals surface area (Å²) < 4.78 is 12.8. The van der Waals surface area contributed by atoms with Crippen LogP contribution in [0.4, 0.5) is 4.39 Å². The summed E-state index contributed by atoms with van der Waals surface area (Å²) in [6, 6.07) is 7.29. The second-order valence-electron chi connectivity index (χ2n) is 5.52. The fourth-order valence-electron chi connectivity index (χ4n) is 2.40. The Balaban J connectivity index is 1.69. The molecule has 0 aliphatic heterocycles. The summed E-state index contributed by atoms with van der Waals surface area (Å²) in [5.41, 5.74) is 1.19. The van der Waals surface area contributed by atoms with Crippen LogP contribution in [0.1, 0.15) is 38.2 Å². The summed E-state index contributed by atoms with van der Waals surface area (Å²) >= 11 is 0. The Morgan fingerprint density at radius 2 is 1.95 bits per heavy atom. The van der Waals surface area contributed by atoms with Crippen molar-refractivity contribution in [3.05, 3.63) is 35.6 Å². The summed E-state index contributed by atoms with van der Waals surface area (Å²) in [7, 11) is 0. The van der Waals surface area contributed by atoms with Crippen molar-refractivity contribution in [1.29, 1.82) is 0 Å². The highest BCUT2D eigenvalue weighted by molar-refractivity contribution is 5.78. The third-order valence-corrected chi connectivity index (χ3v) is 3.48. The summed E-state index contributed by atoms with van der Waals surface area (Å²) in [4.78, 5) is 11.5. The SMILES string of the molecule is CC(C)NC(=O)CNC1CC(c2ccc(F)cc2)C1. The van der Waals surface area contributed by atoms with Crippen molar-refractivity contribution < 1.29 is 9.18 Å². The average Bonchev–Trinajstić information content (AvgIpc) is 2.28. The molecule has 1 aliphatic carbocycles. The lowest BCUT2D eigenvalue weighted by atomic mass is 9.76. The van der Waals surface area contributed by atoms with Crippen LogP contribution in [0.15, 0.2) is 24.3 Å².